The summed E-state index contributed by atoms with van der Waals surface area (Å²) < 4.78 is 0. The van der Waals surface area contributed by atoms with E-state index in [1.165, 1.54) is 12.0 Å². The van der Waals surface area contributed by atoms with E-state index in [1.54, 1.807) is 12.1 Å². The van der Waals surface area contributed by atoms with Crippen LogP contribution in [0.25, 0.3) is 0 Å². The van der Waals surface area contributed by atoms with Crippen molar-refractivity contribution >= 4 is 0 Å². The van der Waals surface area contributed by atoms with Gasteiger partial charge in [0.2, 0.25) is 0 Å². The molecule has 1 aliphatic heterocycles. The lowest BCUT2D eigenvalue weighted by Gasteiger charge is -2.39. The van der Waals surface area contributed by atoms with Gasteiger partial charge in [-0.1, -0.05) is 19.1 Å². The lowest BCUT2D eigenvalue weighted by atomic mass is 10.1. The first kappa shape index (κ1) is 12.4. The topological polar surface area (TPSA) is 35.5 Å². The summed E-state index contributed by atoms with van der Waals surface area (Å²) in [5.41, 5.74) is 1.27. The minimum absolute atomic E-state index is 0.342. The monoisotopic (exact) mass is 234 g/mol. The number of nitrogens with one attached hydrogen (secondary N) is 1. The van der Waals surface area contributed by atoms with Crippen LogP contribution < -0.4 is 5.32 Å². The van der Waals surface area contributed by atoms with E-state index in [4.69, 9.17) is 0 Å². The number of phenolic OH excluding ortho intramolecular Hbond substituents is 1. The zero-order valence-corrected chi connectivity index (χ0v) is 10.7. The maximum absolute atomic E-state index is 9.28. The van der Waals surface area contributed by atoms with E-state index >= 15 is 0 Å². The predicted octanol–water partition coefficient (Wildman–Crippen LogP) is 1.96. The van der Waals surface area contributed by atoms with Crippen LogP contribution in [0.1, 0.15) is 25.8 Å². The van der Waals surface area contributed by atoms with Gasteiger partial charge in [-0.05, 0) is 31.0 Å². The maximum Gasteiger partial charge on any atom is 0.115 e. The van der Waals surface area contributed by atoms with Crippen LogP contribution in [0.3, 0.4) is 0 Å². The first-order valence-corrected chi connectivity index (χ1v) is 6.44. The highest BCUT2D eigenvalue weighted by molar-refractivity contribution is 5.25. The van der Waals surface area contributed by atoms with Gasteiger partial charge in [0.05, 0.1) is 0 Å². The highest BCUT2D eigenvalue weighted by Crippen LogP contribution is 2.16. The number of hydrogen-bond donors (Lipinski definition) is 2. The van der Waals surface area contributed by atoms with Gasteiger partial charge in [-0.3, -0.25) is 4.90 Å². The molecule has 0 unspecified atom stereocenters. The summed E-state index contributed by atoms with van der Waals surface area (Å²) >= 11 is 0. The predicted molar refractivity (Wildman–Crippen MR) is 70.1 cm³/mol. The molecule has 0 aliphatic carbocycles. The van der Waals surface area contributed by atoms with Crippen molar-refractivity contribution < 1.29 is 5.11 Å². The molecule has 3 nitrogen and oxygen atoms in total. The molecule has 94 valence electrons. The van der Waals surface area contributed by atoms with Crippen LogP contribution in [0, 0.1) is 0 Å². The first-order chi connectivity index (χ1) is 8.19. The van der Waals surface area contributed by atoms with Crippen molar-refractivity contribution in [2.24, 2.45) is 0 Å². The van der Waals surface area contributed by atoms with Gasteiger partial charge >= 0.3 is 0 Å². The Morgan fingerprint density at radius 1 is 1.35 bits per heavy atom. The number of hydrogen-bond acceptors (Lipinski definition) is 3. The van der Waals surface area contributed by atoms with Gasteiger partial charge < -0.3 is 10.4 Å². The molecular formula is C14H22N2O. The van der Waals surface area contributed by atoms with E-state index in [0.717, 1.165) is 19.6 Å². The summed E-state index contributed by atoms with van der Waals surface area (Å²) in [6.07, 6.45) is 1.18. The van der Waals surface area contributed by atoms with E-state index in [1.807, 2.05) is 12.1 Å². The van der Waals surface area contributed by atoms with Gasteiger partial charge in [-0.2, -0.15) is 0 Å². The zero-order chi connectivity index (χ0) is 12.3. The molecular weight excluding hydrogens is 212 g/mol. The van der Waals surface area contributed by atoms with Gasteiger partial charge in [-0.25, -0.2) is 0 Å². The first-order valence-electron chi connectivity index (χ1n) is 6.44. The fourth-order valence-corrected chi connectivity index (χ4v) is 2.46. The minimum atomic E-state index is 0.342. The van der Waals surface area contributed by atoms with Crippen LogP contribution in [-0.4, -0.2) is 35.2 Å². The third-order valence-electron chi connectivity index (χ3n) is 3.52. The quantitative estimate of drug-likeness (QED) is 0.839. The van der Waals surface area contributed by atoms with Crippen LogP contribution in [0.15, 0.2) is 24.3 Å². The summed E-state index contributed by atoms with van der Waals surface area (Å²) in [6.45, 7) is 7.63. The SMILES string of the molecule is CC[C@@H]1CN[C@@H](C)CN1Cc1ccc(O)cc1. The average Bonchev–Trinajstić information content (AvgIpc) is 2.32. The molecule has 1 aliphatic rings. The third-order valence-corrected chi connectivity index (χ3v) is 3.52. The average molecular weight is 234 g/mol. The molecule has 1 aromatic carbocycles. The number of nitrogens with zero attached hydrogens (tertiary/aromatic N) is 1. The molecule has 0 bridgehead atoms. The molecule has 2 rings (SSSR count). The van der Waals surface area contributed by atoms with Crippen molar-refractivity contribution in [3.63, 3.8) is 0 Å². The van der Waals surface area contributed by atoms with Crippen LogP contribution in [0.5, 0.6) is 5.75 Å². The Morgan fingerprint density at radius 2 is 2.06 bits per heavy atom. The number of piperazine rings is 1. The molecule has 2 N–H and O–H groups in total. The van der Waals surface area contributed by atoms with Crippen molar-refractivity contribution in [1.82, 2.24) is 10.2 Å². The van der Waals surface area contributed by atoms with E-state index in [0.29, 0.717) is 17.8 Å². The fraction of sp³-hybridized carbons (Fsp3) is 0.571. The Kier molecular flexibility index (Phi) is 4.02. The highest BCUT2D eigenvalue weighted by Gasteiger charge is 2.24. The molecule has 1 fully saturated rings. The molecule has 0 aromatic heterocycles. The van der Waals surface area contributed by atoms with E-state index in [2.05, 4.69) is 24.1 Å². The van der Waals surface area contributed by atoms with Gasteiger partial charge in [-0.15, -0.1) is 0 Å². The second-order valence-corrected chi connectivity index (χ2v) is 4.97. The number of phenols is 1. The van der Waals surface area contributed by atoms with Crippen molar-refractivity contribution in [2.45, 2.75) is 38.9 Å². The lowest BCUT2D eigenvalue weighted by molar-refractivity contribution is 0.124. The number of aromatic hydroxyl groups is 1. The van der Waals surface area contributed by atoms with Crippen molar-refractivity contribution in [3.05, 3.63) is 29.8 Å². The molecule has 0 saturated carbocycles. The lowest BCUT2D eigenvalue weighted by Crippen LogP contribution is -2.54. The van der Waals surface area contributed by atoms with E-state index in [-0.39, 0.29) is 0 Å². The number of benzene rings is 1. The summed E-state index contributed by atoms with van der Waals surface area (Å²) in [6, 6.07) is 8.74. The smallest absolute Gasteiger partial charge is 0.115 e. The Morgan fingerprint density at radius 3 is 2.71 bits per heavy atom. The Bertz CT molecular complexity index is 350. The molecule has 1 saturated heterocycles. The molecule has 0 amide bonds. The molecule has 1 aromatic rings. The Balaban J connectivity index is 2.02. The molecule has 1 heterocycles. The van der Waals surface area contributed by atoms with Crippen LogP contribution in [0.2, 0.25) is 0 Å². The summed E-state index contributed by atoms with van der Waals surface area (Å²) in [5.74, 6) is 0.342. The van der Waals surface area contributed by atoms with Crippen LogP contribution in [-0.2, 0) is 6.54 Å². The fourth-order valence-electron chi connectivity index (χ4n) is 2.46. The maximum atomic E-state index is 9.28. The largest absolute Gasteiger partial charge is 0.508 e. The summed E-state index contributed by atoms with van der Waals surface area (Å²) in [7, 11) is 0. The second-order valence-electron chi connectivity index (χ2n) is 4.97. The molecule has 0 radical (unpaired) electrons. The van der Waals surface area contributed by atoms with Crippen LogP contribution >= 0.6 is 0 Å². The van der Waals surface area contributed by atoms with Crippen molar-refractivity contribution in [3.8, 4) is 5.75 Å². The normalized spacial score (nSPS) is 26.0. The number of rotatable bonds is 3. The third kappa shape index (κ3) is 3.20. The summed E-state index contributed by atoms with van der Waals surface area (Å²) in [5, 5.41) is 12.8. The Labute approximate surface area is 103 Å². The van der Waals surface area contributed by atoms with Crippen molar-refractivity contribution in [1.29, 1.82) is 0 Å². The molecule has 3 heteroatoms. The molecule has 2 atom stereocenters. The highest BCUT2D eigenvalue weighted by atomic mass is 16.3. The zero-order valence-electron chi connectivity index (χ0n) is 10.7. The van der Waals surface area contributed by atoms with Gasteiger partial charge in [0.25, 0.3) is 0 Å². The van der Waals surface area contributed by atoms with Gasteiger partial charge in [0.15, 0.2) is 0 Å². The van der Waals surface area contributed by atoms with Gasteiger partial charge in [0.1, 0.15) is 5.75 Å². The van der Waals surface area contributed by atoms with E-state index < -0.39 is 0 Å². The van der Waals surface area contributed by atoms with Crippen molar-refractivity contribution in [2.75, 3.05) is 13.1 Å². The Hall–Kier alpha value is -1.06. The standard InChI is InChI=1S/C14H22N2O/c1-3-13-8-15-11(2)9-16(13)10-12-4-6-14(17)7-5-12/h4-7,11,13,15,17H,3,8-10H2,1-2H3/t11-,13+/m0/s1. The molecule has 17 heavy (non-hydrogen) atoms. The second kappa shape index (κ2) is 5.52. The minimum Gasteiger partial charge on any atom is -0.508 e. The van der Waals surface area contributed by atoms with Crippen LogP contribution in [0.4, 0.5) is 0 Å². The van der Waals surface area contributed by atoms with E-state index in [9.17, 15) is 5.11 Å². The summed E-state index contributed by atoms with van der Waals surface area (Å²) in [4.78, 5) is 2.54. The van der Waals surface area contributed by atoms with Gasteiger partial charge in [0, 0.05) is 31.7 Å². The molecule has 0 spiro atoms.